The van der Waals surface area contributed by atoms with Gasteiger partial charge in [-0.1, -0.05) is 0 Å². The van der Waals surface area contributed by atoms with E-state index in [9.17, 15) is 4.79 Å². The van der Waals surface area contributed by atoms with Crippen LogP contribution in [0.2, 0.25) is 0 Å². The molecule has 0 aliphatic carbocycles. The van der Waals surface area contributed by atoms with Crippen LogP contribution in [0.15, 0.2) is 73.3 Å². The molecule has 0 saturated heterocycles. The number of aromatic nitrogens is 8. The topological polar surface area (TPSA) is 138 Å². The molecule has 0 aliphatic heterocycles. The maximum Gasteiger partial charge on any atom is 0.183 e. The van der Waals surface area contributed by atoms with Crippen molar-refractivity contribution in [1.29, 1.82) is 0 Å². The lowest BCUT2D eigenvalue weighted by Crippen LogP contribution is -2.04. The molecule has 0 radical (unpaired) electrons. The molecule has 0 atom stereocenters. The molecule has 0 fully saturated rings. The molecule has 164 valence electrons. The van der Waals surface area contributed by atoms with Crippen molar-refractivity contribution >= 4 is 39.2 Å². The first-order valence-electron chi connectivity index (χ1n) is 10.5. The highest BCUT2D eigenvalue weighted by atomic mass is 16.1. The average Bonchev–Trinajstić information content (AvgIpc) is 3.51. The van der Waals surface area contributed by atoms with Gasteiger partial charge in [0.15, 0.2) is 11.6 Å². The molecular weight excluding hydrogens is 430 g/mol. The van der Waals surface area contributed by atoms with Crippen molar-refractivity contribution in [1.82, 2.24) is 40.3 Å². The Hall–Kier alpha value is -4.99. The molecule has 0 saturated carbocycles. The molecule has 34 heavy (non-hydrogen) atoms. The predicted octanol–water partition coefficient (Wildman–Crippen LogP) is 3.86. The summed E-state index contributed by atoms with van der Waals surface area (Å²) in [5.41, 5.74) is 4.34. The highest BCUT2D eigenvalue weighted by Gasteiger charge is 2.13. The number of aromatic amines is 2. The third-order valence-corrected chi connectivity index (χ3v) is 5.39. The Morgan fingerprint density at radius 1 is 0.912 bits per heavy atom. The molecule has 0 spiro atoms. The number of pyridine rings is 1. The number of hydrogen-bond donors (Lipinski definition) is 3. The molecule has 5 heterocycles. The molecule has 10 heteroatoms. The minimum Gasteiger partial charge on any atom is -0.340 e. The number of benzene rings is 1. The van der Waals surface area contributed by atoms with Gasteiger partial charge in [-0.05, 0) is 54.1 Å². The summed E-state index contributed by atoms with van der Waals surface area (Å²) in [6.07, 6.45) is 6.84. The number of carbonyl (C=O) groups is 1. The first-order valence-corrected chi connectivity index (χ1v) is 10.5. The zero-order valence-electron chi connectivity index (χ0n) is 17.7. The fourth-order valence-corrected chi connectivity index (χ4v) is 3.70. The smallest absolute Gasteiger partial charge is 0.183 e. The van der Waals surface area contributed by atoms with E-state index in [2.05, 4.69) is 45.6 Å². The van der Waals surface area contributed by atoms with E-state index in [4.69, 9.17) is 0 Å². The Morgan fingerprint density at radius 3 is 2.79 bits per heavy atom. The van der Waals surface area contributed by atoms with E-state index in [0.717, 1.165) is 27.5 Å². The molecule has 10 nitrogen and oxygen atoms in total. The molecule has 5 aromatic heterocycles. The second-order valence-corrected chi connectivity index (χ2v) is 7.73. The first-order chi connectivity index (χ1) is 16.7. The first kappa shape index (κ1) is 19.7. The number of nitrogens with one attached hydrogen (secondary N) is 3. The molecular formula is C24H17N9O. The second kappa shape index (κ2) is 8.17. The summed E-state index contributed by atoms with van der Waals surface area (Å²) in [4.78, 5) is 29.4. The van der Waals surface area contributed by atoms with E-state index >= 15 is 0 Å². The zero-order chi connectivity index (χ0) is 22.9. The van der Waals surface area contributed by atoms with Crippen LogP contribution in [0, 0.1) is 0 Å². The van der Waals surface area contributed by atoms with Gasteiger partial charge in [-0.25, -0.2) is 15.0 Å². The third-order valence-electron chi connectivity index (χ3n) is 5.39. The summed E-state index contributed by atoms with van der Waals surface area (Å²) >= 11 is 0. The standard InChI is InChI=1S/C24H17N9O/c34-21(9-14-5-8-26-27-12-14)20-11-15-1-3-19(30-23(15)31-20)24-25-7-6-22(32-24)29-17-2-4-18-16(10-17)13-28-33-18/h1-8,10-13H,9H2,(H,28,33)(H,30,31)(H,25,29,32). The molecule has 0 bridgehead atoms. The van der Waals surface area contributed by atoms with Gasteiger partial charge < -0.3 is 10.3 Å². The summed E-state index contributed by atoms with van der Waals surface area (Å²) in [5.74, 6) is 1.06. The quantitative estimate of drug-likeness (QED) is 0.327. The predicted molar refractivity (Wildman–Crippen MR) is 127 cm³/mol. The monoisotopic (exact) mass is 447 g/mol. The second-order valence-electron chi connectivity index (χ2n) is 7.73. The van der Waals surface area contributed by atoms with Crippen molar-refractivity contribution in [3.63, 3.8) is 0 Å². The molecule has 1 aromatic carbocycles. The minimum atomic E-state index is -0.0513. The number of hydrogen-bond acceptors (Lipinski definition) is 8. The van der Waals surface area contributed by atoms with E-state index in [1.165, 1.54) is 0 Å². The van der Waals surface area contributed by atoms with Crippen molar-refractivity contribution in [2.45, 2.75) is 6.42 Å². The van der Waals surface area contributed by atoms with Gasteiger partial charge in [0.2, 0.25) is 0 Å². The van der Waals surface area contributed by atoms with Crippen LogP contribution in [-0.2, 0) is 6.42 Å². The van der Waals surface area contributed by atoms with E-state index in [1.807, 2.05) is 30.3 Å². The van der Waals surface area contributed by atoms with Gasteiger partial charge in [-0.3, -0.25) is 9.89 Å². The Morgan fingerprint density at radius 2 is 1.88 bits per heavy atom. The lowest BCUT2D eigenvalue weighted by Gasteiger charge is -2.07. The van der Waals surface area contributed by atoms with Crippen LogP contribution in [-0.4, -0.2) is 46.1 Å². The summed E-state index contributed by atoms with van der Waals surface area (Å²) in [6.45, 7) is 0. The number of nitrogens with zero attached hydrogens (tertiary/aromatic N) is 6. The number of H-pyrrole nitrogens is 2. The normalized spacial score (nSPS) is 11.2. The SMILES string of the molecule is O=C(Cc1ccnnc1)c1cc2ccc(-c3nccc(Nc4ccc5[nH]ncc5c4)n3)nc2[nH]1. The maximum absolute atomic E-state index is 12.7. The number of anilines is 2. The van der Waals surface area contributed by atoms with Crippen molar-refractivity contribution in [3.05, 3.63) is 84.6 Å². The Kier molecular flexibility index (Phi) is 4.73. The minimum absolute atomic E-state index is 0.0513. The summed E-state index contributed by atoms with van der Waals surface area (Å²) in [7, 11) is 0. The van der Waals surface area contributed by atoms with Gasteiger partial charge in [0, 0.05) is 35.3 Å². The molecule has 6 aromatic rings. The molecule has 6 rings (SSSR count). The van der Waals surface area contributed by atoms with Gasteiger partial charge in [0.25, 0.3) is 0 Å². The maximum atomic E-state index is 12.7. The molecule has 3 N–H and O–H groups in total. The van der Waals surface area contributed by atoms with Crippen LogP contribution in [0.25, 0.3) is 33.5 Å². The summed E-state index contributed by atoms with van der Waals surface area (Å²) < 4.78 is 0. The van der Waals surface area contributed by atoms with E-state index in [1.54, 1.807) is 43.0 Å². The van der Waals surface area contributed by atoms with Gasteiger partial charge in [0.05, 0.1) is 23.6 Å². The Bertz CT molecular complexity index is 1640. The fraction of sp³-hybridized carbons (Fsp3) is 0.0417. The van der Waals surface area contributed by atoms with E-state index < -0.39 is 0 Å². The van der Waals surface area contributed by atoms with Crippen molar-refractivity contribution in [3.8, 4) is 11.5 Å². The third kappa shape index (κ3) is 3.84. The van der Waals surface area contributed by atoms with Crippen molar-refractivity contribution < 1.29 is 4.79 Å². The van der Waals surface area contributed by atoms with Crippen LogP contribution in [0.3, 0.4) is 0 Å². The van der Waals surface area contributed by atoms with Gasteiger partial charge in [-0.15, -0.1) is 0 Å². The van der Waals surface area contributed by atoms with E-state index in [-0.39, 0.29) is 12.2 Å². The van der Waals surface area contributed by atoms with Crippen LogP contribution in [0.4, 0.5) is 11.5 Å². The summed E-state index contributed by atoms with van der Waals surface area (Å²) in [6, 6.07) is 15.0. The number of ketones is 1. The summed E-state index contributed by atoms with van der Waals surface area (Å²) in [5, 5.41) is 19.7. The lowest BCUT2D eigenvalue weighted by atomic mass is 10.1. The van der Waals surface area contributed by atoms with Crippen LogP contribution < -0.4 is 5.32 Å². The Balaban J connectivity index is 1.25. The molecule has 0 amide bonds. The average molecular weight is 447 g/mol. The van der Waals surface area contributed by atoms with Gasteiger partial charge in [-0.2, -0.15) is 15.3 Å². The number of rotatable bonds is 6. The van der Waals surface area contributed by atoms with E-state index in [0.29, 0.717) is 28.7 Å². The van der Waals surface area contributed by atoms with Gasteiger partial charge in [0.1, 0.15) is 17.2 Å². The molecule has 0 aliphatic rings. The fourth-order valence-electron chi connectivity index (χ4n) is 3.70. The van der Waals surface area contributed by atoms with Gasteiger partial charge >= 0.3 is 0 Å². The van der Waals surface area contributed by atoms with Crippen LogP contribution in [0.5, 0.6) is 0 Å². The van der Waals surface area contributed by atoms with Crippen LogP contribution in [0.1, 0.15) is 16.1 Å². The number of Topliss-reactive ketones (excluding diaryl/α,β-unsaturated/α-hetero) is 1. The Labute approximate surface area is 192 Å². The number of carbonyl (C=O) groups excluding carboxylic acids is 1. The highest BCUT2D eigenvalue weighted by molar-refractivity contribution is 6.00. The largest absolute Gasteiger partial charge is 0.340 e. The highest BCUT2D eigenvalue weighted by Crippen LogP contribution is 2.23. The van der Waals surface area contributed by atoms with Crippen molar-refractivity contribution in [2.24, 2.45) is 0 Å². The number of fused-ring (bicyclic) bond motifs is 2. The molecule has 0 unspecified atom stereocenters. The van der Waals surface area contributed by atoms with Crippen LogP contribution >= 0.6 is 0 Å². The zero-order valence-corrected chi connectivity index (χ0v) is 17.7. The lowest BCUT2D eigenvalue weighted by molar-refractivity contribution is 0.0989. The van der Waals surface area contributed by atoms with Crippen molar-refractivity contribution in [2.75, 3.05) is 5.32 Å².